The third-order valence-electron chi connectivity index (χ3n) is 11.9. The summed E-state index contributed by atoms with van der Waals surface area (Å²) in [5, 5.41) is 3.05. The Balaban J connectivity index is 1.16. The number of nitrogens with one attached hydrogen (secondary N) is 1. The van der Waals surface area contributed by atoms with Crippen LogP contribution in [0.3, 0.4) is 0 Å². The van der Waals surface area contributed by atoms with Crippen molar-refractivity contribution in [1.82, 2.24) is 19.3 Å². The summed E-state index contributed by atoms with van der Waals surface area (Å²) in [4.78, 5) is 48.3. The number of carbonyl (C=O) groups is 3. The van der Waals surface area contributed by atoms with Gasteiger partial charge in [0.2, 0.25) is 0 Å². The van der Waals surface area contributed by atoms with Gasteiger partial charge in [0.05, 0.1) is 24.3 Å². The number of anilines is 1. The Morgan fingerprint density at radius 2 is 1.53 bits per heavy atom. The summed E-state index contributed by atoms with van der Waals surface area (Å²) in [7, 11) is 1.89. The summed E-state index contributed by atoms with van der Waals surface area (Å²) in [5.41, 5.74) is 7.85. The molecular formula is C46H46F3N5O5. The number of benzene rings is 4. The summed E-state index contributed by atoms with van der Waals surface area (Å²) in [6.45, 7) is 8.17. The Hall–Kier alpha value is -5.92. The number of aromatic nitrogens is 1. The molecule has 4 aromatic carbocycles. The molecule has 1 atom stereocenters. The predicted molar refractivity (Wildman–Crippen MR) is 217 cm³/mol. The number of alkyl halides is 3. The molecule has 13 heteroatoms. The van der Waals surface area contributed by atoms with Gasteiger partial charge in [-0.1, -0.05) is 42.5 Å². The fourth-order valence-corrected chi connectivity index (χ4v) is 8.35. The van der Waals surface area contributed by atoms with E-state index in [4.69, 9.17) is 9.47 Å². The lowest BCUT2D eigenvalue weighted by Gasteiger charge is -2.41. The fourth-order valence-electron chi connectivity index (χ4n) is 8.35. The molecule has 3 amide bonds. The van der Waals surface area contributed by atoms with Crippen LogP contribution in [0.15, 0.2) is 91.0 Å². The zero-order valence-corrected chi connectivity index (χ0v) is 33.3. The van der Waals surface area contributed by atoms with E-state index in [1.165, 1.54) is 10.5 Å². The van der Waals surface area contributed by atoms with E-state index >= 15 is 4.79 Å². The third kappa shape index (κ3) is 8.35. The Morgan fingerprint density at radius 1 is 0.814 bits per heavy atom. The van der Waals surface area contributed by atoms with Crippen molar-refractivity contribution in [1.29, 1.82) is 0 Å². The zero-order valence-electron chi connectivity index (χ0n) is 33.3. The van der Waals surface area contributed by atoms with E-state index in [0.29, 0.717) is 73.8 Å². The minimum Gasteiger partial charge on any atom is -0.410 e. The quantitative estimate of drug-likeness (QED) is 0.179. The van der Waals surface area contributed by atoms with Crippen LogP contribution in [0.1, 0.15) is 59.8 Å². The van der Waals surface area contributed by atoms with Gasteiger partial charge in [-0.05, 0) is 103 Å². The second kappa shape index (κ2) is 16.4. The van der Waals surface area contributed by atoms with Gasteiger partial charge in [0.25, 0.3) is 11.8 Å². The van der Waals surface area contributed by atoms with Gasteiger partial charge in [0.15, 0.2) is 0 Å². The maximum Gasteiger partial charge on any atom is 0.416 e. The number of morpholine rings is 1. The van der Waals surface area contributed by atoms with Crippen LogP contribution in [0.25, 0.3) is 11.3 Å². The number of para-hydroxylation sites is 1. The molecule has 1 N–H and O–H groups in total. The second-order valence-electron chi connectivity index (χ2n) is 15.6. The molecule has 0 unspecified atom stereocenters. The normalized spacial score (nSPS) is 16.9. The van der Waals surface area contributed by atoms with Crippen LogP contribution in [-0.4, -0.2) is 82.6 Å². The molecule has 3 aliphatic heterocycles. The molecule has 59 heavy (non-hydrogen) atoms. The molecule has 1 aromatic heterocycles. The first-order valence-corrected chi connectivity index (χ1v) is 19.9. The lowest BCUT2D eigenvalue weighted by Crippen LogP contribution is -2.52. The van der Waals surface area contributed by atoms with Gasteiger partial charge in [-0.25, -0.2) is 4.79 Å². The Labute approximate surface area is 341 Å². The van der Waals surface area contributed by atoms with E-state index in [2.05, 4.69) is 22.3 Å². The van der Waals surface area contributed by atoms with Crippen LogP contribution in [0.2, 0.25) is 0 Å². The van der Waals surface area contributed by atoms with Gasteiger partial charge in [0, 0.05) is 80.6 Å². The second-order valence-corrected chi connectivity index (χ2v) is 15.6. The Kier molecular flexibility index (Phi) is 11.1. The molecule has 0 radical (unpaired) electrons. The van der Waals surface area contributed by atoms with Crippen LogP contribution >= 0.6 is 0 Å². The Bertz CT molecular complexity index is 2400. The first-order chi connectivity index (χ1) is 28.3. The number of amides is 3. The van der Waals surface area contributed by atoms with Crippen molar-refractivity contribution < 1.29 is 37.0 Å². The smallest absolute Gasteiger partial charge is 0.410 e. The van der Waals surface area contributed by atoms with E-state index in [0.717, 1.165) is 65.3 Å². The maximum absolute atomic E-state index is 15.3. The van der Waals surface area contributed by atoms with Crippen LogP contribution < -0.4 is 10.1 Å². The number of carbonyl (C=O) groups excluding carboxylic acids is 3. The molecule has 0 saturated carbocycles. The van der Waals surface area contributed by atoms with E-state index < -0.39 is 17.8 Å². The number of nitrogens with zero attached hydrogens (tertiary/aromatic N) is 4. The highest BCUT2D eigenvalue weighted by Crippen LogP contribution is 2.36. The number of fused-ring (bicyclic) bond motifs is 2. The number of aryl methyl sites for hydroxylation is 1. The average molecular weight is 806 g/mol. The monoisotopic (exact) mass is 805 g/mol. The van der Waals surface area contributed by atoms with E-state index in [1.54, 1.807) is 0 Å². The minimum absolute atomic E-state index is 0.00181. The van der Waals surface area contributed by atoms with Gasteiger partial charge in [0.1, 0.15) is 5.75 Å². The summed E-state index contributed by atoms with van der Waals surface area (Å²) >= 11 is 0. The van der Waals surface area contributed by atoms with Crippen molar-refractivity contribution in [2.45, 2.75) is 52.0 Å². The van der Waals surface area contributed by atoms with Crippen LogP contribution in [0, 0.1) is 13.8 Å². The number of hydrogen-bond donors (Lipinski definition) is 1. The highest BCUT2D eigenvalue weighted by molar-refractivity contribution is 6.07. The van der Waals surface area contributed by atoms with E-state index in [9.17, 15) is 22.8 Å². The highest BCUT2D eigenvalue weighted by atomic mass is 19.4. The molecule has 10 nitrogen and oxygen atoms in total. The Morgan fingerprint density at radius 3 is 2.25 bits per heavy atom. The number of rotatable bonds is 7. The van der Waals surface area contributed by atoms with Gasteiger partial charge in [-0.3, -0.25) is 14.5 Å². The highest BCUT2D eigenvalue weighted by Gasteiger charge is 2.35. The first-order valence-electron chi connectivity index (χ1n) is 19.9. The summed E-state index contributed by atoms with van der Waals surface area (Å²) < 4.78 is 52.6. The number of hydrogen-bond acceptors (Lipinski definition) is 6. The molecule has 4 heterocycles. The number of halogens is 3. The fraction of sp³-hybridized carbons (Fsp3) is 0.326. The molecule has 1 saturated heterocycles. The van der Waals surface area contributed by atoms with Gasteiger partial charge in [-0.15, -0.1) is 0 Å². The molecule has 1 fully saturated rings. The first kappa shape index (κ1) is 39.9. The number of ether oxygens (including phenoxy) is 2. The lowest BCUT2D eigenvalue weighted by atomic mass is 9.89. The minimum atomic E-state index is -4.51. The van der Waals surface area contributed by atoms with E-state index in [1.807, 2.05) is 85.0 Å². The zero-order chi connectivity index (χ0) is 41.4. The van der Waals surface area contributed by atoms with Crippen molar-refractivity contribution in [3.05, 3.63) is 141 Å². The molecule has 3 aliphatic rings. The molecule has 0 spiro atoms. The van der Waals surface area contributed by atoms with Crippen LogP contribution in [0.5, 0.6) is 5.75 Å². The summed E-state index contributed by atoms with van der Waals surface area (Å²) in [6, 6.07) is 25.4. The largest absolute Gasteiger partial charge is 0.416 e. The average Bonchev–Trinajstić information content (AvgIpc) is 3.53. The van der Waals surface area contributed by atoms with Crippen molar-refractivity contribution in [2.24, 2.45) is 7.05 Å². The topological polar surface area (TPSA) is 96.3 Å². The van der Waals surface area contributed by atoms with Gasteiger partial charge >= 0.3 is 12.3 Å². The summed E-state index contributed by atoms with van der Waals surface area (Å²) in [6.07, 6.45) is -4.08. The standard InChI is InChI=1S/C46H46F3N5O5/c1-29-8-4-7-11-41(29)50-43(55)38-25-42(51(3)30(38)2)39-23-32-16-17-53(45(57)59-37-14-12-35(13-15-37)46(47,48)49)26-34(32)24-40(39)44(56)54-27-33-10-6-5-9-31(33)22-36(54)28-52-18-20-58-21-19-52/h4-15,23-25,36H,16-22,26-28H2,1-3H3,(H,50,55)/t36-/m0/s1. The summed E-state index contributed by atoms with van der Waals surface area (Å²) in [5.74, 6) is -0.423. The molecular weight excluding hydrogens is 760 g/mol. The molecule has 5 aromatic rings. The molecule has 0 aliphatic carbocycles. The van der Waals surface area contributed by atoms with Crippen molar-refractivity contribution in [2.75, 3.05) is 44.7 Å². The van der Waals surface area contributed by atoms with Crippen molar-refractivity contribution in [3.8, 4) is 17.0 Å². The molecule has 306 valence electrons. The predicted octanol–water partition coefficient (Wildman–Crippen LogP) is 8.04. The SMILES string of the molecule is Cc1ccccc1NC(=O)c1cc(-c2cc3c(cc2C(=O)N2Cc4ccccc4C[C@H]2CN2CCOCC2)CN(C(=O)Oc2ccc(C(F)(F)F)cc2)CC3)n(C)c1C. The molecule has 0 bridgehead atoms. The molecule has 8 rings (SSSR count). The van der Waals surface area contributed by atoms with Crippen molar-refractivity contribution in [3.63, 3.8) is 0 Å². The van der Waals surface area contributed by atoms with Crippen LogP contribution in [-0.2, 0) is 43.9 Å². The maximum atomic E-state index is 15.3. The third-order valence-corrected chi connectivity index (χ3v) is 11.9. The van der Waals surface area contributed by atoms with Crippen molar-refractivity contribution >= 4 is 23.6 Å². The lowest BCUT2D eigenvalue weighted by molar-refractivity contribution is -0.137. The van der Waals surface area contributed by atoms with Gasteiger partial charge in [-0.2, -0.15) is 13.2 Å². The van der Waals surface area contributed by atoms with Gasteiger partial charge < -0.3 is 29.2 Å². The van der Waals surface area contributed by atoms with Crippen LogP contribution in [0.4, 0.5) is 23.7 Å². The van der Waals surface area contributed by atoms with E-state index in [-0.39, 0.29) is 30.2 Å².